The standard InChI is InChI=1S/C23H32N4O4/c1-31-18-9-7-17(8-10-18)27-22(29)19(25-23(27)30)11-12-21(28)24-15-16-5-4-14-26-13-3-2-6-20(16)26/h7-10,16,19-20H,2-6,11-15H2,1H3,(H,24,28)(H,25,30)/t16-,19-,20+/m0/s1. The number of nitrogens with zero attached hydrogens (tertiary/aromatic N) is 2. The highest BCUT2D eigenvalue weighted by Crippen LogP contribution is 2.30. The van der Waals surface area contributed by atoms with Gasteiger partial charge in [0.05, 0.1) is 12.8 Å². The van der Waals surface area contributed by atoms with E-state index in [1.807, 2.05) is 0 Å². The minimum Gasteiger partial charge on any atom is -0.497 e. The molecule has 3 saturated heterocycles. The van der Waals surface area contributed by atoms with Crippen LogP contribution in [-0.2, 0) is 9.59 Å². The molecule has 3 aliphatic heterocycles. The summed E-state index contributed by atoms with van der Waals surface area (Å²) in [6.45, 7) is 3.07. The smallest absolute Gasteiger partial charge is 0.329 e. The number of amides is 4. The van der Waals surface area contributed by atoms with Crippen molar-refractivity contribution in [2.24, 2.45) is 5.92 Å². The highest BCUT2D eigenvalue weighted by Gasteiger charge is 2.39. The number of carbonyl (C=O) groups excluding carboxylic acids is 3. The van der Waals surface area contributed by atoms with Gasteiger partial charge in [0.15, 0.2) is 0 Å². The fourth-order valence-corrected chi connectivity index (χ4v) is 5.13. The van der Waals surface area contributed by atoms with Crippen LogP contribution in [0.1, 0.15) is 44.9 Å². The minimum absolute atomic E-state index is 0.0575. The Labute approximate surface area is 183 Å². The first kappa shape index (κ1) is 21.6. The van der Waals surface area contributed by atoms with Crippen LogP contribution in [0.15, 0.2) is 24.3 Å². The molecule has 4 amide bonds. The summed E-state index contributed by atoms with van der Waals surface area (Å²) >= 11 is 0. The molecule has 1 aromatic carbocycles. The van der Waals surface area contributed by atoms with Crippen molar-refractivity contribution >= 4 is 23.5 Å². The summed E-state index contributed by atoms with van der Waals surface area (Å²) in [5.41, 5.74) is 0.490. The van der Waals surface area contributed by atoms with E-state index in [2.05, 4.69) is 15.5 Å². The monoisotopic (exact) mass is 428 g/mol. The van der Waals surface area contributed by atoms with Crippen LogP contribution in [-0.4, -0.2) is 61.6 Å². The van der Waals surface area contributed by atoms with Crippen molar-refractivity contribution in [2.75, 3.05) is 31.6 Å². The Kier molecular flexibility index (Phi) is 6.75. The SMILES string of the molecule is COc1ccc(N2C(=O)N[C@@H](CCC(=O)NC[C@@H]3CCCN4CCCC[C@H]34)C2=O)cc1. The number of hydrogen-bond acceptors (Lipinski definition) is 5. The third kappa shape index (κ3) is 4.84. The third-order valence-corrected chi connectivity index (χ3v) is 6.80. The molecule has 0 aromatic heterocycles. The zero-order chi connectivity index (χ0) is 21.8. The summed E-state index contributed by atoms with van der Waals surface area (Å²) in [5.74, 6) is 0.778. The Balaban J connectivity index is 1.25. The van der Waals surface area contributed by atoms with Crippen molar-refractivity contribution in [3.05, 3.63) is 24.3 Å². The summed E-state index contributed by atoms with van der Waals surface area (Å²) in [7, 11) is 1.56. The second-order valence-electron chi connectivity index (χ2n) is 8.72. The Bertz CT molecular complexity index is 810. The maximum absolute atomic E-state index is 12.7. The van der Waals surface area contributed by atoms with Crippen molar-refractivity contribution in [3.8, 4) is 5.75 Å². The molecule has 3 atom stereocenters. The molecule has 0 radical (unpaired) electrons. The van der Waals surface area contributed by atoms with Gasteiger partial charge in [-0.2, -0.15) is 0 Å². The number of ether oxygens (including phenoxy) is 1. The van der Waals surface area contributed by atoms with Crippen LogP contribution in [0, 0.1) is 5.92 Å². The predicted molar refractivity (Wildman–Crippen MR) is 117 cm³/mol. The van der Waals surface area contributed by atoms with Gasteiger partial charge >= 0.3 is 6.03 Å². The van der Waals surface area contributed by atoms with E-state index in [9.17, 15) is 14.4 Å². The number of nitrogens with one attached hydrogen (secondary N) is 2. The fourth-order valence-electron chi connectivity index (χ4n) is 5.13. The van der Waals surface area contributed by atoms with E-state index < -0.39 is 12.1 Å². The second kappa shape index (κ2) is 9.68. The molecule has 31 heavy (non-hydrogen) atoms. The van der Waals surface area contributed by atoms with Gasteiger partial charge < -0.3 is 20.3 Å². The van der Waals surface area contributed by atoms with E-state index in [1.165, 1.54) is 38.8 Å². The first-order chi connectivity index (χ1) is 15.1. The summed E-state index contributed by atoms with van der Waals surface area (Å²) in [4.78, 5) is 41.2. The van der Waals surface area contributed by atoms with Crippen LogP contribution in [0.3, 0.4) is 0 Å². The molecule has 0 bridgehead atoms. The summed E-state index contributed by atoms with van der Waals surface area (Å²) in [6.07, 6.45) is 6.65. The van der Waals surface area contributed by atoms with Gasteiger partial charge in [-0.15, -0.1) is 0 Å². The fraction of sp³-hybridized carbons (Fsp3) is 0.609. The average Bonchev–Trinajstić information content (AvgIpc) is 3.09. The van der Waals surface area contributed by atoms with Gasteiger partial charge in [-0.25, -0.2) is 9.69 Å². The van der Waals surface area contributed by atoms with Gasteiger partial charge in [0.1, 0.15) is 11.8 Å². The molecule has 2 N–H and O–H groups in total. The molecule has 8 heteroatoms. The van der Waals surface area contributed by atoms with Crippen molar-refractivity contribution < 1.29 is 19.1 Å². The Morgan fingerprint density at radius 3 is 2.68 bits per heavy atom. The number of rotatable bonds is 7. The number of carbonyl (C=O) groups is 3. The van der Waals surface area contributed by atoms with Crippen molar-refractivity contribution in [3.63, 3.8) is 0 Å². The number of urea groups is 1. The van der Waals surface area contributed by atoms with Gasteiger partial charge in [-0.05, 0) is 75.4 Å². The first-order valence-electron chi connectivity index (χ1n) is 11.4. The van der Waals surface area contributed by atoms with Crippen molar-refractivity contribution in [2.45, 2.75) is 57.0 Å². The van der Waals surface area contributed by atoms with Crippen molar-refractivity contribution in [1.82, 2.24) is 15.5 Å². The molecule has 8 nitrogen and oxygen atoms in total. The van der Waals surface area contributed by atoms with E-state index >= 15 is 0 Å². The predicted octanol–water partition coefficient (Wildman–Crippen LogP) is 2.28. The van der Waals surface area contributed by atoms with Crippen LogP contribution >= 0.6 is 0 Å². The lowest BCUT2D eigenvalue weighted by Gasteiger charge is -2.44. The lowest BCUT2D eigenvalue weighted by molar-refractivity contribution is -0.122. The molecule has 1 aromatic rings. The van der Waals surface area contributed by atoms with Crippen LogP contribution in [0.25, 0.3) is 0 Å². The second-order valence-corrected chi connectivity index (χ2v) is 8.72. The minimum atomic E-state index is -0.677. The Morgan fingerprint density at radius 2 is 1.90 bits per heavy atom. The first-order valence-corrected chi connectivity index (χ1v) is 11.4. The molecule has 0 saturated carbocycles. The van der Waals surface area contributed by atoms with Crippen LogP contribution in [0.5, 0.6) is 5.75 Å². The topological polar surface area (TPSA) is 91.0 Å². The van der Waals surface area contributed by atoms with E-state index in [0.29, 0.717) is 36.4 Å². The number of piperidine rings is 2. The number of anilines is 1. The molecular weight excluding hydrogens is 396 g/mol. The molecule has 3 aliphatic rings. The zero-order valence-electron chi connectivity index (χ0n) is 18.1. The average molecular weight is 429 g/mol. The van der Waals surface area contributed by atoms with E-state index in [0.717, 1.165) is 11.3 Å². The molecular formula is C23H32N4O4. The number of benzene rings is 1. The summed E-state index contributed by atoms with van der Waals surface area (Å²) in [5, 5.41) is 5.77. The number of hydrogen-bond donors (Lipinski definition) is 2. The summed E-state index contributed by atoms with van der Waals surface area (Å²) < 4.78 is 5.12. The zero-order valence-corrected chi connectivity index (χ0v) is 18.1. The molecule has 3 fully saturated rings. The lowest BCUT2D eigenvalue weighted by atomic mass is 9.83. The molecule has 0 aliphatic carbocycles. The van der Waals surface area contributed by atoms with Crippen LogP contribution in [0.2, 0.25) is 0 Å². The maximum Gasteiger partial charge on any atom is 0.329 e. The normalized spacial score (nSPS) is 26.4. The molecule has 0 unspecified atom stereocenters. The van der Waals surface area contributed by atoms with Gasteiger partial charge in [0.2, 0.25) is 5.91 Å². The van der Waals surface area contributed by atoms with E-state index in [-0.39, 0.29) is 18.2 Å². The van der Waals surface area contributed by atoms with Crippen LogP contribution in [0.4, 0.5) is 10.5 Å². The van der Waals surface area contributed by atoms with Gasteiger partial charge in [0.25, 0.3) is 5.91 Å². The number of imide groups is 1. The van der Waals surface area contributed by atoms with Gasteiger partial charge in [0, 0.05) is 19.0 Å². The lowest BCUT2D eigenvalue weighted by Crippen LogP contribution is -2.51. The Morgan fingerprint density at radius 1 is 1.13 bits per heavy atom. The third-order valence-electron chi connectivity index (χ3n) is 6.80. The number of fused-ring (bicyclic) bond motifs is 1. The van der Waals surface area contributed by atoms with E-state index in [1.54, 1.807) is 31.4 Å². The van der Waals surface area contributed by atoms with E-state index in [4.69, 9.17) is 4.74 Å². The molecule has 4 rings (SSSR count). The highest BCUT2D eigenvalue weighted by atomic mass is 16.5. The maximum atomic E-state index is 12.7. The summed E-state index contributed by atoms with van der Waals surface area (Å²) in [6, 6.07) is 6.21. The largest absolute Gasteiger partial charge is 0.497 e. The Hall–Kier alpha value is -2.61. The van der Waals surface area contributed by atoms with Gasteiger partial charge in [-0.3, -0.25) is 9.59 Å². The molecule has 0 spiro atoms. The molecule has 3 heterocycles. The highest BCUT2D eigenvalue weighted by molar-refractivity contribution is 6.21. The van der Waals surface area contributed by atoms with Gasteiger partial charge in [-0.1, -0.05) is 6.42 Å². The van der Waals surface area contributed by atoms with Crippen LogP contribution < -0.4 is 20.3 Å². The quantitative estimate of drug-likeness (QED) is 0.651. The molecule has 168 valence electrons. The van der Waals surface area contributed by atoms with Crippen molar-refractivity contribution in [1.29, 1.82) is 0 Å². The number of methoxy groups -OCH3 is 1.